The average molecular weight is 388 g/mol. The van der Waals surface area contributed by atoms with E-state index in [1.54, 1.807) is 22.8 Å². The Morgan fingerprint density at radius 3 is 2.47 bits per heavy atom. The molecule has 0 spiro atoms. The number of hydrogen-bond acceptors (Lipinski definition) is 1. The first kappa shape index (κ1) is 12.7. The molecule has 2 nitrogen and oxygen atoms in total. The summed E-state index contributed by atoms with van der Waals surface area (Å²) in [5.41, 5.74) is 2.08. The third kappa shape index (κ3) is 2.18. The van der Waals surface area contributed by atoms with Crippen molar-refractivity contribution in [1.29, 1.82) is 0 Å². The second-order valence-electron chi connectivity index (χ2n) is 4.03. The molecule has 6 heteroatoms. The van der Waals surface area contributed by atoms with Crippen molar-refractivity contribution in [2.75, 3.05) is 0 Å². The van der Waals surface area contributed by atoms with Gasteiger partial charge in [-0.05, 0) is 65.1 Å². The minimum Gasteiger partial charge on any atom is -0.330 e. The van der Waals surface area contributed by atoms with Gasteiger partial charge in [-0.15, -0.1) is 0 Å². The number of fused-ring (bicyclic) bond motifs is 1. The van der Waals surface area contributed by atoms with E-state index in [0.29, 0.717) is 19.5 Å². The van der Waals surface area contributed by atoms with Crippen LogP contribution in [-0.2, 0) is 0 Å². The summed E-state index contributed by atoms with van der Waals surface area (Å²) in [5.74, 6) is -0.631. The smallest absolute Gasteiger partial charge is 0.182 e. The van der Waals surface area contributed by atoms with Crippen LogP contribution in [0.2, 0.25) is 0 Å². The molecule has 19 heavy (non-hydrogen) atoms. The van der Waals surface area contributed by atoms with Crippen molar-refractivity contribution in [1.82, 2.24) is 9.55 Å². The lowest BCUT2D eigenvalue weighted by Crippen LogP contribution is -1.94. The normalized spacial score (nSPS) is 11.1. The van der Waals surface area contributed by atoms with E-state index in [1.807, 2.05) is 22.6 Å². The van der Waals surface area contributed by atoms with Crippen LogP contribution in [0, 0.1) is 20.0 Å². The Bertz CT molecular complexity index is 821. The van der Waals surface area contributed by atoms with Crippen LogP contribution in [-0.4, -0.2) is 9.55 Å². The zero-order chi connectivity index (χ0) is 13.6. The molecule has 0 saturated heterocycles. The fraction of sp³-hybridized carbons (Fsp3) is 0. The van der Waals surface area contributed by atoms with Crippen LogP contribution in [0.15, 0.2) is 36.4 Å². The molecular weight excluding hydrogens is 381 g/mol. The van der Waals surface area contributed by atoms with Gasteiger partial charge in [-0.1, -0.05) is 0 Å². The Kier molecular flexibility index (Phi) is 3.14. The molecule has 0 radical (unpaired) electrons. The molecule has 1 aromatic heterocycles. The van der Waals surface area contributed by atoms with E-state index < -0.39 is 0 Å². The average Bonchev–Trinajstić information content (AvgIpc) is 2.67. The third-order valence-corrected chi connectivity index (χ3v) is 3.92. The molecule has 1 N–H and O–H groups in total. The van der Waals surface area contributed by atoms with Gasteiger partial charge in [0.05, 0.1) is 14.6 Å². The van der Waals surface area contributed by atoms with Crippen molar-refractivity contribution in [2.45, 2.75) is 0 Å². The Labute approximate surface area is 126 Å². The van der Waals surface area contributed by atoms with Crippen molar-refractivity contribution >= 4 is 45.8 Å². The van der Waals surface area contributed by atoms with Crippen LogP contribution < -0.4 is 0 Å². The summed E-state index contributed by atoms with van der Waals surface area (Å²) in [6.45, 7) is 0. The van der Waals surface area contributed by atoms with E-state index in [0.717, 1.165) is 5.52 Å². The Morgan fingerprint density at radius 2 is 1.79 bits per heavy atom. The predicted octanol–water partition coefficient (Wildman–Crippen LogP) is 4.57. The number of nitrogens with zero attached hydrogens (tertiary/aromatic N) is 1. The molecule has 0 aliphatic heterocycles. The van der Waals surface area contributed by atoms with E-state index in [-0.39, 0.29) is 11.6 Å². The van der Waals surface area contributed by atoms with Gasteiger partial charge in [0.25, 0.3) is 0 Å². The molecule has 96 valence electrons. The lowest BCUT2D eigenvalue weighted by atomic mass is 10.2. The Morgan fingerprint density at radius 1 is 1.11 bits per heavy atom. The lowest BCUT2D eigenvalue weighted by molar-refractivity contribution is 0.621. The standard InChI is InChI=1S/C13H7F2IN2S/c14-7-1-3-8(4-2-7)18-12-5-9(15)10(16)6-11(12)17-13(18)19/h1-6H,(H,17,19). The van der Waals surface area contributed by atoms with Crippen LogP contribution in [0.1, 0.15) is 0 Å². The van der Waals surface area contributed by atoms with Crippen molar-refractivity contribution in [3.63, 3.8) is 0 Å². The van der Waals surface area contributed by atoms with Crippen molar-refractivity contribution in [2.24, 2.45) is 0 Å². The summed E-state index contributed by atoms with van der Waals surface area (Å²) < 4.78 is 29.3. The Hall–Kier alpha value is -1.28. The number of imidazole rings is 1. The zero-order valence-electron chi connectivity index (χ0n) is 9.45. The van der Waals surface area contributed by atoms with Gasteiger partial charge in [-0.3, -0.25) is 4.57 Å². The van der Waals surface area contributed by atoms with Gasteiger partial charge >= 0.3 is 0 Å². The van der Waals surface area contributed by atoms with Gasteiger partial charge in [0.2, 0.25) is 0 Å². The number of halogens is 3. The monoisotopic (exact) mass is 388 g/mol. The highest BCUT2D eigenvalue weighted by atomic mass is 127. The van der Waals surface area contributed by atoms with E-state index in [1.165, 1.54) is 18.2 Å². The number of rotatable bonds is 1. The number of H-pyrrole nitrogens is 1. The van der Waals surface area contributed by atoms with Gasteiger partial charge in [0.1, 0.15) is 11.6 Å². The van der Waals surface area contributed by atoms with Gasteiger partial charge in [-0.25, -0.2) is 8.78 Å². The van der Waals surface area contributed by atoms with Gasteiger partial charge in [-0.2, -0.15) is 0 Å². The van der Waals surface area contributed by atoms with Crippen LogP contribution >= 0.6 is 34.8 Å². The zero-order valence-corrected chi connectivity index (χ0v) is 12.4. The van der Waals surface area contributed by atoms with Crippen LogP contribution in [0.25, 0.3) is 16.7 Å². The second kappa shape index (κ2) is 4.68. The molecule has 0 aliphatic rings. The minimum atomic E-state index is -0.323. The maximum Gasteiger partial charge on any atom is 0.182 e. The highest BCUT2D eigenvalue weighted by molar-refractivity contribution is 14.1. The fourth-order valence-electron chi connectivity index (χ4n) is 1.95. The SMILES string of the molecule is Fc1ccc(-n2c(=S)[nH]c3cc(I)c(F)cc32)cc1. The number of benzene rings is 2. The van der Waals surface area contributed by atoms with Crippen LogP contribution in [0.4, 0.5) is 8.78 Å². The summed E-state index contributed by atoms with van der Waals surface area (Å²) in [6.07, 6.45) is 0. The summed E-state index contributed by atoms with van der Waals surface area (Å²) in [7, 11) is 0. The van der Waals surface area contributed by atoms with E-state index in [2.05, 4.69) is 4.98 Å². The van der Waals surface area contributed by atoms with Crippen LogP contribution in [0.3, 0.4) is 0 Å². The third-order valence-electron chi connectivity index (χ3n) is 2.81. The highest BCUT2D eigenvalue weighted by Gasteiger charge is 2.10. The lowest BCUT2D eigenvalue weighted by Gasteiger charge is -2.04. The minimum absolute atomic E-state index is 0.307. The van der Waals surface area contributed by atoms with Crippen molar-refractivity contribution in [3.8, 4) is 5.69 Å². The maximum atomic E-state index is 13.7. The van der Waals surface area contributed by atoms with Gasteiger partial charge in [0, 0.05) is 11.8 Å². The topological polar surface area (TPSA) is 20.7 Å². The molecule has 1 heterocycles. The van der Waals surface area contributed by atoms with Gasteiger partial charge in [0.15, 0.2) is 4.77 Å². The number of nitrogens with one attached hydrogen (secondary N) is 1. The summed E-state index contributed by atoms with van der Waals surface area (Å²) >= 11 is 7.17. The van der Waals surface area contributed by atoms with Gasteiger partial charge < -0.3 is 4.98 Å². The second-order valence-corrected chi connectivity index (χ2v) is 5.57. The molecule has 0 unspecified atom stereocenters. The molecule has 0 atom stereocenters. The Balaban J connectivity index is 2.34. The molecule has 2 aromatic carbocycles. The summed E-state index contributed by atoms with van der Waals surface area (Å²) in [5, 5.41) is 0. The molecule has 3 rings (SSSR count). The first-order valence-corrected chi connectivity index (χ1v) is 6.90. The molecule has 0 bridgehead atoms. The first-order chi connectivity index (χ1) is 9.06. The molecule has 0 aliphatic carbocycles. The van der Waals surface area contributed by atoms with Crippen molar-refractivity contribution < 1.29 is 8.78 Å². The first-order valence-electron chi connectivity index (χ1n) is 5.42. The number of aromatic nitrogens is 2. The largest absolute Gasteiger partial charge is 0.330 e. The fourth-order valence-corrected chi connectivity index (χ4v) is 2.73. The number of hydrogen-bond donors (Lipinski definition) is 1. The molecule has 0 fully saturated rings. The molecule has 3 aromatic rings. The van der Waals surface area contributed by atoms with Crippen molar-refractivity contribution in [3.05, 3.63) is 56.4 Å². The summed E-state index contributed by atoms with van der Waals surface area (Å²) in [4.78, 5) is 3.02. The summed E-state index contributed by atoms with van der Waals surface area (Å²) in [6, 6.07) is 9.02. The number of aromatic amines is 1. The van der Waals surface area contributed by atoms with Crippen LogP contribution in [0.5, 0.6) is 0 Å². The predicted molar refractivity (Wildman–Crippen MR) is 81.1 cm³/mol. The highest BCUT2D eigenvalue weighted by Crippen LogP contribution is 2.23. The van der Waals surface area contributed by atoms with E-state index in [4.69, 9.17) is 12.2 Å². The quantitative estimate of drug-likeness (QED) is 0.479. The molecule has 0 saturated carbocycles. The van der Waals surface area contributed by atoms with E-state index >= 15 is 0 Å². The van der Waals surface area contributed by atoms with E-state index in [9.17, 15) is 8.78 Å². The molecular formula is C13H7F2IN2S. The molecule has 0 amide bonds. The maximum absolute atomic E-state index is 13.7.